The van der Waals surface area contributed by atoms with Crippen molar-refractivity contribution in [1.82, 2.24) is 5.32 Å². The molecule has 2 rings (SSSR count). The molecule has 20 heavy (non-hydrogen) atoms. The van der Waals surface area contributed by atoms with Gasteiger partial charge in [0.25, 0.3) is 0 Å². The van der Waals surface area contributed by atoms with Gasteiger partial charge in [0.2, 0.25) is 0 Å². The fraction of sp³-hybridized carbons (Fsp3) is 0.333. The highest BCUT2D eigenvalue weighted by atomic mass is 79.9. The second-order valence-corrected chi connectivity index (χ2v) is 6.08. The Morgan fingerprint density at radius 1 is 1.30 bits per heavy atom. The van der Waals surface area contributed by atoms with E-state index >= 15 is 0 Å². The smallest absolute Gasteiger partial charge is 0.173 e. The SMILES string of the molecule is CCCNC(Cc1cccc(Cl)c1Cl)c1ccoc1Br. The Hall–Kier alpha value is -0.480. The summed E-state index contributed by atoms with van der Waals surface area (Å²) >= 11 is 15.8. The van der Waals surface area contributed by atoms with Crippen LogP contribution in [0.3, 0.4) is 0 Å². The van der Waals surface area contributed by atoms with Crippen LogP contribution in [0.4, 0.5) is 0 Å². The molecule has 108 valence electrons. The second kappa shape index (κ2) is 7.51. The number of furan rings is 1. The van der Waals surface area contributed by atoms with Crippen LogP contribution in [0.1, 0.15) is 30.5 Å². The topological polar surface area (TPSA) is 25.2 Å². The van der Waals surface area contributed by atoms with E-state index in [0.29, 0.717) is 10.0 Å². The van der Waals surface area contributed by atoms with Gasteiger partial charge in [-0.15, -0.1) is 0 Å². The Labute approximate surface area is 137 Å². The van der Waals surface area contributed by atoms with Crippen LogP contribution in [0.25, 0.3) is 0 Å². The van der Waals surface area contributed by atoms with Crippen molar-refractivity contribution in [2.75, 3.05) is 6.54 Å². The summed E-state index contributed by atoms with van der Waals surface area (Å²) in [6.45, 7) is 3.07. The zero-order valence-corrected chi connectivity index (χ0v) is 14.2. The lowest BCUT2D eigenvalue weighted by molar-refractivity contribution is 0.498. The van der Waals surface area contributed by atoms with E-state index < -0.39 is 0 Å². The Balaban J connectivity index is 2.24. The van der Waals surface area contributed by atoms with Crippen LogP contribution in [-0.4, -0.2) is 6.54 Å². The zero-order valence-electron chi connectivity index (χ0n) is 11.1. The Morgan fingerprint density at radius 2 is 2.10 bits per heavy atom. The van der Waals surface area contributed by atoms with E-state index in [-0.39, 0.29) is 6.04 Å². The second-order valence-electron chi connectivity index (χ2n) is 4.57. The van der Waals surface area contributed by atoms with Crippen molar-refractivity contribution in [3.8, 4) is 0 Å². The van der Waals surface area contributed by atoms with Gasteiger partial charge >= 0.3 is 0 Å². The minimum atomic E-state index is 0.138. The molecule has 2 aromatic rings. The van der Waals surface area contributed by atoms with E-state index in [1.807, 2.05) is 18.2 Å². The first-order valence-electron chi connectivity index (χ1n) is 6.52. The van der Waals surface area contributed by atoms with Gasteiger partial charge < -0.3 is 9.73 Å². The highest BCUT2D eigenvalue weighted by molar-refractivity contribution is 9.10. The number of nitrogens with one attached hydrogen (secondary N) is 1. The number of rotatable bonds is 6. The summed E-state index contributed by atoms with van der Waals surface area (Å²) < 4.78 is 6.09. The van der Waals surface area contributed by atoms with Crippen LogP contribution in [-0.2, 0) is 6.42 Å². The molecule has 0 saturated heterocycles. The monoisotopic (exact) mass is 375 g/mol. The number of halogens is 3. The third kappa shape index (κ3) is 3.79. The first kappa shape index (κ1) is 15.9. The average molecular weight is 377 g/mol. The van der Waals surface area contributed by atoms with Gasteiger partial charge in [-0.2, -0.15) is 0 Å². The van der Waals surface area contributed by atoms with Crippen molar-refractivity contribution in [2.24, 2.45) is 0 Å². The van der Waals surface area contributed by atoms with Crippen molar-refractivity contribution in [3.05, 3.63) is 56.4 Å². The average Bonchev–Trinajstić information content (AvgIpc) is 2.85. The highest BCUT2D eigenvalue weighted by Crippen LogP contribution is 2.32. The lowest BCUT2D eigenvalue weighted by atomic mass is 10.0. The minimum absolute atomic E-state index is 0.138. The minimum Gasteiger partial charge on any atom is -0.457 e. The first-order valence-corrected chi connectivity index (χ1v) is 8.07. The number of hydrogen-bond acceptors (Lipinski definition) is 2. The van der Waals surface area contributed by atoms with Gasteiger partial charge in [0.05, 0.1) is 16.3 Å². The van der Waals surface area contributed by atoms with Gasteiger partial charge in [0, 0.05) is 11.6 Å². The van der Waals surface area contributed by atoms with E-state index in [1.54, 1.807) is 12.3 Å². The summed E-state index contributed by atoms with van der Waals surface area (Å²) in [5, 5.41) is 4.73. The van der Waals surface area contributed by atoms with Crippen LogP contribution in [0.15, 0.2) is 39.6 Å². The fourth-order valence-corrected chi connectivity index (χ4v) is 3.00. The molecule has 0 radical (unpaired) electrons. The summed E-state index contributed by atoms with van der Waals surface area (Å²) in [6.07, 6.45) is 3.51. The molecule has 0 amide bonds. The third-order valence-corrected chi connectivity index (χ3v) is 4.62. The molecular weight excluding hydrogens is 361 g/mol. The van der Waals surface area contributed by atoms with Crippen LogP contribution >= 0.6 is 39.1 Å². The summed E-state index contributed by atoms with van der Waals surface area (Å²) in [5.74, 6) is 0. The van der Waals surface area contributed by atoms with Gasteiger partial charge in [0.1, 0.15) is 0 Å². The molecule has 0 fully saturated rings. The van der Waals surface area contributed by atoms with Crippen LogP contribution in [0.5, 0.6) is 0 Å². The summed E-state index contributed by atoms with van der Waals surface area (Å²) in [6, 6.07) is 7.83. The van der Waals surface area contributed by atoms with E-state index in [2.05, 4.69) is 28.2 Å². The van der Waals surface area contributed by atoms with Crippen molar-refractivity contribution in [3.63, 3.8) is 0 Å². The van der Waals surface area contributed by atoms with E-state index in [1.165, 1.54) is 0 Å². The molecule has 0 aliphatic heterocycles. The molecule has 2 nitrogen and oxygen atoms in total. The standard InChI is InChI=1S/C15H16BrCl2NO/c1-2-7-19-13(11-6-8-20-15(11)16)9-10-4-3-5-12(17)14(10)18/h3-6,8,13,19H,2,7,9H2,1H3. The molecule has 0 aliphatic carbocycles. The van der Waals surface area contributed by atoms with E-state index in [4.69, 9.17) is 27.6 Å². The Morgan fingerprint density at radius 3 is 2.75 bits per heavy atom. The Kier molecular flexibility index (Phi) is 5.97. The lowest BCUT2D eigenvalue weighted by Crippen LogP contribution is -2.24. The molecule has 1 N–H and O–H groups in total. The molecule has 1 heterocycles. The Bertz CT molecular complexity index is 571. The summed E-state index contributed by atoms with van der Waals surface area (Å²) in [7, 11) is 0. The van der Waals surface area contributed by atoms with Crippen LogP contribution in [0.2, 0.25) is 10.0 Å². The highest BCUT2D eigenvalue weighted by Gasteiger charge is 2.18. The summed E-state index contributed by atoms with van der Waals surface area (Å²) in [5.41, 5.74) is 2.12. The van der Waals surface area contributed by atoms with Crippen molar-refractivity contribution >= 4 is 39.1 Å². The number of hydrogen-bond donors (Lipinski definition) is 1. The lowest BCUT2D eigenvalue weighted by Gasteiger charge is -2.19. The van der Waals surface area contributed by atoms with Crippen molar-refractivity contribution < 1.29 is 4.42 Å². The predicted molar refractivity (Wildman–Crippen MR) is 87.6 cm³/mol. The summed E-state index contributed by atoms with van der Waals surface area (Å²) in [4.78, 5) is 0. The molecule has 1 aromatic carbocycles. The maximum atomic E-state index is 6.28. The van der Waals surface area contributed by atoms with E-state index in [9.17, 15) is 0 Å². The van der Waals surface area contributed by atoms with Gasteiger partial charge in [-0.05, 0) is 53.0 Å². The molecule has 0 aliphatic rings. The van der Waals surface area contributed by atoms with Gasteiger partial charge in [-0.25, -0.2) is 0 Å². The molecule has 1 atom stereocenters. The van der Waals surface area contributed by atoms with Crippen molar-refractivity contribution in [2.45, 2.75) is 25.8 Å². The quantitative estimate of drug-likeness (QED) is 0.706. The first-order chi connectivity index (χ1) is 9.63. The van der Waals surface area contributed by atoms with Gasteiger partial charge in [-0.3, -0.25) is 0 Å². The molecule has 1 aromatic heterocycles. The normalized spacial score (nSPS) is 12.6. The molecule has 0 saturated carbocycles. The van der Waals surface area contributed by atoms with E-state index in [0.717, 1.165) is 35.2 Å². The maximum Gasteiger partial charge on any atom is 0.173 e. The maximum absolute atomic E-state index is 6.28. The third-order valence-electron chi connectivity index (χ3n) is 3.12. The number of benzene rings is 1. The molecule has 0 bridgehead atoms. The molecular formula is C15H16BrCl2NO. The predicted octanol–water partition coefficient (Wildman–Crippen LogP) is 5.63. The fourth-order valence-electron chi connectivity index (χ4n) is 2.09. The molecule has 5 heteroatoms. The molecule has 0 spiro atoms. The van der Waals surface area contributed by atoms with Crippen LogP contribution < -0.4 is 5.32 Å². The van der Waals surface area contributed by atoms with Crippen molar-refractivity contribution in [1.29, 1.82) is 0 Å². The van der Waals surface area contributed by atoms with Crippen LogP contribution in [0, 0.1) is 0 Å². The largest absolute Gasteiger partial charge is 0.457 e. The zero-order chi connectivity index (χ0) is 14.5. The molecule has 1 unspecified atom stereocenters. The van der Waals surface area contributed by atoms with Gasteiger partial charge in [-0.1, -0.05) is 42.3 Å². The van der Waals surface area contributed by atoms with Gasteiger partial charge in [0.15, 0.2) is 4.67 Å².